The summed E-state index contributed by atoms with van der Waals surface area (Å²) in [6, 6.07) is 4.86. The average molecular weight is 220 g/mol. The molecular weight excluding hydrogens is 200 g/mol. The second kappa shape index (κ2) is 5.25. The standard InChI is InChI=1S/C12H20N4/c1-3-13-9-10-5-8-12(15-14-10)16(4-2)11-6-7-11/h5,8,11,13H,3-4,6-7,9H2,1-2H3. The highest BCUT2D eigenvalue weighted by atomic mass is 15.3. The van der Waals surface area contributed by atoms with Gasteiger partial charge in [-0.05, 0) is 38.4 Å². The van der Waals surface area contributed by atoms with E-state index in [0.29, 0.717) is 6.04 Å². The van der Waals surface area contributed by atoms with Crippen LogP contribution in [0.1, 0.15) is 32.4 Å². The van der Waals surface area contributed by atoms with E-state index < -0.39 is 0 Å². The zero-order chi connectivity index (χ0) is 11.4. The number of hydrogen-bond acceptors (Lipinski definition) is 4. The fourth-order valence-corrected chi connectivity index (χ4v) is 1.85. The number of anilines is 1. The summed E-state index contributed by atoms with van der Waals surface area (Å²) < 4.78 is 0. The van der Waals surface area contributed by atoms with Gasteiger partial charge in [-0.15, -0.1) is 5.10 Å². The molecule has 0 bridgehead atoms. The van der Waals surface area contributed by atoms with Crippen molar-refractivity contribution in [3.63, 3.8) is 0 Å². The van der Waals surface area contributed by atoms with Crippen LogP contribution in [0.4, 0.5) is 5.82 Å². The lowest BCUT2D eigenvalue weighted by molar-refractivity contribution is 0.693. The van der Waals surface area contributed by atoms with Crippen molar-refractivity contribution in [1.82, 2.24) is 15.5 Å². The largest absolute Gasteiger partial charge is 0.352 e. The molecule has 0 aromatic carbocycles. The summed E-state index contributed by atoms with van der Waals surface area (Å²) in [5, 5.41) is 11.8. The zero-order valence-electron chi connectivity index (χ0n) is 10.1. The van der Waals surface area contributed by atoms with Crippen LogP contribution < -0.4 is 10.2 Å². The van der Waals surface area contributed by atoms with Gasteiger partial charge < -0.3 is 10.2 Å². The minimum absolute atomic E-state index is 0.707. The Kier molecular flexibility index (Phi) is 3.72. The number of nitrogens with one attached hydrogen (secondary N) is 1. The lowest BCUT2D eigenvalue weighted by Gasteiger charge is -2.20. The predicted molar refractivity (Wildman–Crippen MR) is 65.5 cm³/mol. The van der Waals surface area contributed by atoms with Crippen LogP contribution in [0.5, 0.6) is 0 Å². The van der Waals surface area contributed by atoms with Crippen molar-refractivity contribution >= 4 is 5.82 Å². The van der Waals surface area contributed by atoms with E-state index in [2.05, 4.69) is 46.4 Å². The first kappa shape index (κ1) is 11.3. The Morgan fingerprint density at radius 3 is 2.62 bits per heavy atom. The highest BCUT2D eigenvalue weighted by molar-refractivity contribution is 5.40. The maximum Gasteiger partial charge on any atom is 0.151 e. The Morgan fingerprint density at radius 2 is 2.12 bits per heavy atom. The average Bonchev–Trinajstić information content (AvgIpc) is 3.13. The first-order chi connectivity index (χ1) is 7.85. The lowest BCUT2D eigenvalue weighted by atomic mass is 10.3. The van der Waals surface area contributed by atoms with Crippen LogP contribution in [0.2, 0.25) is 0 Å². The van der Waals surface area contributed by atoms with Crippen LogP contribution in [0.25, 0.3) is 0 Å². The van der Waals surface area contributed by atoms with Crippen LogP contribution in [-0.2, 0) is 6.54 Å². The molecule has 0 saturated heterocycles. The van der Waals surface area contributed by atoms with Crippen molar-refractivity contribution in [1.29, 1.82) is 0 Å². The van der Waals surface area contributed by atoms with Crippen molar-refractivity contribution in [3.05, 3.63) is 17.8 Å². The molecule has 1 heterocycles. The van der Waals surface area contributed by atoms with E-state index in [9.17, 15) is 0 Å². The van der Waals surface area contributed by atoms with Crippen molar-refractivity contribution in [2.24, 2.45) is 0 Å². The summed E-state index contributed by atoms with van der Waals surface area (Å²) >= 11 is 0. The molecule has 2 rings (SSSR count). The molecule has 0 atom stereocenters. The first-order valence-electron chi connectivity index (χ1n) is 6.15. The van der Waals surface area contributed by atoms with E-state index in [1.54, 1.807) is 0 Å². The summed E-state index contributed by atoms with van der Waals surface area (Å²) in [6.07, 6.45) is 2.60. The third kappa shape index (κ3) is 2.70. The number of rotatable bonds is 6. The second-order valence-electron chi connectivity index (χ2n) is 4.18. The lowest BCUT2D eigenvalue weighted by Crippen LogP contribution is -2.26. The van der Waals surface area contributed by atoms with Gasteiger partial charge in [0.05, 0.1) is 5.69 Å². The minimum atomic E-state index is 0.707. The Morgan fingerprint density at radius 1 is 1.31 bits per heavy atom. The quantitative estimate of drug-likeness (QED) is 0.790. The van der Waals surface area contributed by atoms with E-state index in [-0.39, 0.29) is 0 Å². The van der Waals surface area contributed by atoms with E-state index in [0.717, 1.165) is 31.1 Å². The zero-order valence-corrected chi connectivity index (χ0v) is 10.1. The van der Waals surface area contributed by atoms with Crippen LogP contribution in [-0.4, -0.2) is 29.3 Å². The SMILES string of the molecule is CCNCc1ccc(N(CC)C2CC2)nn1. The van der Waals surface area contributed by atoms with Crippen LogP contribution in [0, 0.1) is 0 Å². The van der Waals surface area contributed by atoms with E-state index in [1.807, 2.05) is 0 Å². The molecule has 1 aromatic heterocycles. The maximum absolute atomic E-state index is 4.30. The topological polar surface area (TPSA) is 41.0 Å². The Bertz CT molecular complexity index is 318. The van der Waals surface area contributed by atoms with Crippen molar-refractivity contribution in [2.45, 2.75) is 39.3 Å². The van der Waals surface area contributed by atoms with Crippen molar-refractivity contribution < 1.29 is 0 Å². The molecule has 16 heavy (non-hydrogen) atoms. The summed E-state index contributed by atoms with van der Waals surface area (Å²) in [6.45, 7) is 7.05. The third-order valence-electron chi connectivity index (χ3n) is 2.88. The van der Waals surface area contributed by atoms with Gasteiger partial charge in [0.25, 0.3) is 0 Å². The molecule has 1 saturated carbocycles. The summed E-state index contributed by atoms with van der Waals surface area (Å²) in [5.41, 5.74) is 1.01. The number of aromatic nitrogens is 2. The molecule has 88 valence electrons. The van der Waals surface area contributed by atoms with Gasteiger partial charge in [-0.25, -0.2) is 0 Å². The molecule has 0 aliphatic heterocycles. The monoisotopic (exact) mass is 220 g/mol. The summed E-state index contributed by atoms with van der Waals surface area (Å²) in [7, 11) is 0. The van der Waals surface area contributed by atoms with Gasteiger partial charge in [0.2, 0.25) is 0 Å². The number of nitrogens with zero attached hydrogens (tertiary/aromatic N) is 3. The van der Waals surface area contributed by atoms with Crippen molar-refractivity contribution in [3.8, 4) is 0 Å². The van der Waals surface area contributed by atoms with Gasteiger partial charge in [0.1, 0.15) is 0 Å². The van der Waals surface area contributed by atoms with Crippen LogP contribution in [0.15, 0.2) is 12.1 Å². The molecular formula is C12H20N4. The fraction of sp³-hybridized carbons (Fsp3) is 0.667. The first-order valence-corrected chi connectivity index (χ1v) is 6.15. The van der Waals surface area contributed by atoms with E-state index >= 15 is 0 Å². The highest BCUT2D eigenvalue weighted by Gasteiger charge is 2.28. The molecule has 1 aromatic rings. The third-order valence-corrected chi connectivity index (χ3v) is 2.88. The molecule has 0 spiro atoms. The van der Waals surface area contributed by atoms with Crippen LogP contribution in [0.3, 0.4) is 0 Å². The molecule has 4 nitrogen and oxygen atoms in total. The molecule has 1 aliphatic rings. The van der Waals surface area contributed by atoms with Crippen molar-refractivity contribution in [2.75, 3.05) is 18.0 Å². The fourth-order valence-electron chi connectivity index (χ4n) is 1.85. The molecule has 1 fully saturated rings. The van der Waals surface area contributed by atoms with Gasteiger partial charge >= 0.3 is 0 Å². The minimum Gasteiger partial charge on any atom is -0.352 e. The maximum atomic E-state index is 4.30. The van der Waals surface area contributed by atoms with Gasteiger partial charge in [-0.3, -0.25) is 0 Å². The second-order valence-corrected chi connectivity index (χ2v) is 4.18. The van der Waals surface area contributed by atoms with Gasteiger partial charge in [-0.1, -0.05) is 6.92 Å². The summed E-state index contributed by atoms with van der Waals surface area (Å²) in [4.78, 5) is 2.34. The Hall–Kier alpha value is -1.16. The molecule has 0 unspecified atom stereocenters. The van der Waals surface area contributed by atoms with Gasteiger partial charge in [0.15, 0.2) is 5.82 Å². The van der Waals surface area contributed by atoms with E-state index in [4.69, 9.17) is 0 Å². The number of hydrogen-bond donors (Lipinski definition) is 1. The molecule has 0 radical (unpaired) electrons. The Labute approximate surface area is 97.1 Å². The van der Waals surface area contributed by atoms with Crippen LogP contribution >= 0.6 is 0 Å². The molecule has 1 aliphatic carbocycles. The predicted octanol–water partition coefficient (Wildman–Crippen LogP) is 1.57. The Balaban J connectivity index is 1.99. The normalized spacial score (nSPS) is 15.1. The molecule has 1 N–H and O–H groups in total. The molecule has 0 amide bonds. The van der Waals surface area contributed by atoms with Gasteiger partial charge in [0, 0.05) is 19.1 Å². The van der Waals surface area contributed by atoms with E-state index in [1.165, 1.54) is 12.8 Å². The smallest absolute Gasteiger partial charge is 0.151 e. The molecule has 4 heteroatoms. The van der Waals surface area contributed by atoms with Gasteiger partial charge in [-0.2, -0.15) is 5.10 Å². The highest BCUT2D eigenvalue weighted by Crippen LogP contribution is 2.29. The summed E-state index contributed by atoms with van der Waals surface area (Å²) in [5.74, 6) is 1.02.